The van der Waals surface area contributed by atoms with Gasteiger partial charge in [-0.25, -0.2) is 13.4 Å². The highest BCUT2D eigenvalue weighted by Gasteiger charge is 2.28. The van der Waals surface area contributed by atoms with Gasteiger partial charge in [0.1, 0.15) is 0 Å². The third kappa shape index (κ3) is 4.96. The highest BCUT2D eigenvalue weighted by molar-refractivity contribution is 7.93. The van der Waals surface area contributed by atoms with Gasteiger partial charge in [-0.05, 0) is 36.2 Å². The van der Waals surface area contributed by atoms with Crippen molar-refractivity contribution in [1.82, 2.24) is 4.98 Å². The number of thiazole rings is 1. The first-order chi connectivity index (χ1) is 13.3. The lowest BCUT2D eigenvalue weighted by Gasteiger charge is -2.23. The monoisotopic (exact) mass is 415 g/mol. The number of hydrogen-bond donors (Lipinski definition) is 2. The smallest absolute Gasteiger partial charge is 0.263 e. The molecule has 0 atom stereocenters. The molecule has 146 valence electrons. The zero-order valence-electron chi connectivity index (χ0n) is 15.5. The van der Waals surface area contributed by atoms with Crippen molar-refractivity contribution in [3.8, 4) is 0 Å². The predicted molar refractivity (Wildman–Crippen MR) is 112 cm³/mol. The van der Waals surface area contributed by atoms with Crippen LogP contribution in [0.1, 0.15) is 19.4 Å². The molecule has 2 aromatic carbocycles. The highest BCUT2D eigenvalue weighted by Crippen LogP contribution is 2.25. The van der Waals surface area contributed by atoms with Crippen molar-refractivity contribution in [1.29, 1.82) is 0 Å². The van der Waals surface area contributed by atoms with E-state index in [9.17, 15) is 13.2 Å². The Morgan fingerprint density at radius 3 is 2.36 bits per heavy atom. The molecule has 0 aliphatic rings. The highest BCUT2D eigenvalue weighted by atomic mass is 32.2. The first kappa shape index (κ1) is 20.0. The minimum absolute atomic E-state index is 0.101. The van der Waals surface area contributed by atoms with Crippen molar-refractivity contribution in [3.05, 3.63) is 71.7 Å². The lowest BCUT2D eigenvalue weighted by atomic mass is 9.85. The Kier molecular flexibility index (Phi) is 5.81. The van der Waals surface area contributed by atoms with Crippen LogP contribution in [0.4, 0.5) is 10.8 Å². The number of rotatable bonds is 7. The van der Waals surface area contributed by atoms with Crippen molar-refractivity contribution in [2.24, 2.45) is 5.41 Å². The SMILES string of the molecule is CC(C)(Cc1ccccc1)C(=O)Nc1ccc(S(=O)(=O)Nc2nccs2)cc1. The predicted octanol–water partition coefficient (Wildman–Crippen LogP) is 4.15. The molecule has 3 rings (SSSR count). The maximum absolute atomic E-state index is 12.7. The van der Waals surface area contributed by atoms with Crippen LogP contribution in [0, 0.1) is 5.41 Å². The molecular weight excluding hydrogens is 394 g/mol. The summed E-state index contributed by atoms with van der Waals surface area (Å²) in [5.41, 5.74) is 1.01. The van der Waals surface area contributed by atoms with E-state index in [-0.39, 0.29) is 10.8 Å². The minimum Gasteiger partial charge on any atom is -0.326 e. The van der Waals surface area contributed by atoms with Gasteiger partial charge < -0.3 is 5.32 Å². The average Bonchev–Trinajstić information content (AvgIpc) is 3.15. The van der Waals surface area contributed by atoms with Crippen molar-refractivity contribution in [2.45, 2.75) is 25.2 Å². The Hall–Kier alpha value is -2.71. The van der Waals surface area contributed by atoms with Crippen molar-refractivity contribution < 1.29 is 13.2 Å². The zero-order valence-corrected chi connectivity index (χ0v) is 17.2. The van der Waals surface area contributed by atoms with Crippen molar-refractivity contribution in [3.63, 3.8) is 0 Å². The van der Waals surface area contributed by atoms with Gasteiger partial charge >= 0.3 is 0 Å². The van der Waals surface area contributed by atoms with Gasteiger partial charge in [-0.1, -0.05) is 44.2 Å². The van der Waals surface area contributed by atoms with E-state index < -0.39 is 15.4 Å². The maximum atomic E-state index is 12.7. The molecule has 0 bridgehead atoms. The Bertz CT molecular complexity index is 1030. The van der Waals surface area contributed by atoms with E-state index in [1.807, 2.05) is 44.2 Å². The van der Waals surface area contributed by atoms with E-state index in [1.165, 1.54) is 29.7 Å². The zero-order chi connectivity index (χ0) is 20.2. The van der Waals surface area contributed by atoms with E-state index in [4.69, 9.17) is 0 Å². The molecule has 0 aliphatic carbocycles. The average molecular weight is 416 g/mol. The number of carbonyl (C=O) groups is 1. The lowest BCUT2D eigenvalue weighted by molar-refractivity contribution is -0.123. The quantitative estimate of drug-likeness (QED) is 0.607. The van der Waals surface area contributed by atoms with Gasteiger partial charge in [-0.3, -0.25) is 9.52 Å². The summed E-state index contributed by atoms with van der Waals surface area (Å²) < 4.78 is 27.1. The molecule has 2 N–H and O–H groups in total. The molecule has 1 amide bonds. The number of nitrogens with zero attached hydrogens (tertiary/aromatic N) is 1. The van der Waals surface area contributed by atoms with Crippen molar-refractivity contribution in [2.75, 3.05) is 10.0 Å². The second kappa shape index (κ2) is 8.12. The van der Waals surface area contributed by atoms with Crippen LogP contribution >= 0.6 is 11.3 Å². The minimum atomic E-state index is -3.71. The number of sulfonamides is 1. The van der Waals surface area contributed by atoms with Crippen LogP contribution < -0.4 is 10.0 Å². The Morgan fingerprint density at radius 1 is 1.07 bits per heavy atom. The molecule has 28 heavy (non-hydrogen) atoms. The van der Waals surface area contributed by atoms with Gasteiger partial charge in [-0.15, -0.1) is 11.3 Å². The van der Waals surface area contributed by atoms with E-state index in [0.717, 1.165) is 5.56 Å². The summed E-state index contributed by atoms with van der Waals surface area (Å²) in [6.07, 6.45) is 2.13. The summed E-state index contributed by atoms with van der Waals surface area (Å²) in [7, 11) is -3.71. The summed E-state index contributed by atoms with van der Waals surface area (Å²) in [6.45, 7) is 3.76. The number of nitrogens with one attached hydrogen (secondary N) is 2. The molecule has 0 fully saturated rings. The number of carbonyl (C=O) groups excluding carboxylic acids is 1. The van der Waals surface area contributed by atoms with Crippen LogP contribution in [-0.2, 0) is 21.2 Å². The van der Waals surface area contributed by atoms with Gasteiger partial charge in [0.05, 0.1) is 4.90 Å². The third-order valence-corrected chi connectivity index (χ3v) is 6.35. The fourth-order valence-corrected chi connectivity index (χ4v) is 4.44. The van der Waals surface area contributed by atoms with Crippen LogP contribution in [-0.4, -0.2) is 19.3 Å². The fraction of sp³-hybridized carbons (Fsp3) is 0.200. The Morgan fingerprint density at radius 2 is 1.75 bits per heavy atom. The molecule has 0 aliphatic heterocycles. The summed E-state index contributed by atoms with van der Waals surface area (Å²) >= 11 is 1.20. The molecule has 1 aromatic heterocycles. The molecule has 1 heterocycles. The van der Waals surface area contributed by atoms with Gasteiger partial charge in [0.15, 0.2) is 5.13 Å². The Balaban J connectivity index is 1.67. The molecule has 0 spiro atoms. The summed E-state index contributed by atoms with van der Waals surface area (Å²) in [5, 5.41) is 4.86. The van der Waals surface area contributed by atoms with Crippen LogP contribution in [0.25, 0.3) is 0 Å². The fourth-order valence-electron chi connectivity index (χ4n) is 2.65. The van der Waals surface area contributed by atoms with Crippen LogP contribution in [0.2, 0.25) is 0 Å². The second-order valence-corrected chi connectivity index (χ2v) is 9.54. The maximum Gasteiger partial charge on any atom is 0.263 e. The molecule has 0 radical (unpaired) electrons. The number of benzene rings is 2. The standard InChI is InChI=1S/C20H21N3O3S2/c1-20(2,14-15-6-4-3-5-7-15)18(24)22-16-8-10-17(11-9-16)28(25,26)23-19-21-12-13-27-19/h3-13H,14H2,1-2H3,(H,21,23)(H,22,24). The number of aromatic nitrogens is 1. The molecule has 8 heteroatoms. The van der Waals surface area contributed by atoms with E-state index in [2.05, 4.69) is 15.0 Å². The Labute approximate surface area is 168 Å². The third-order valence-electron chi connectivity index (χ3n) is 4.18. The van der Waals surface area contributed by atoms with Gasteiger partial charge in [0, 0.05) is 22.7 Å². The topological polar surface area (TPSA) is 88.2 Å². The van der Waals surface area contributed by atoms with E-state index >= 15 is 0 Å². The summed E-state index contributed by atoms with van der Waals surface area (Å²) in [6, 6.07) is 15.9. The van der Waals surface area contributed by atoms with Crippen LogP contribution in [0.3, 0.4) is 0 Å². The largest absolute Gasteiger partial charge is 0.326 e. The molecule has 0 saturated carbocycles. The second-order valence-electron chi connectivity index (χ2n) is 6.97. The lowest BCUT2D eigenvalue weighted by Crippen LogP contribution is -2.32. The molecule has 0 saturated heterocycles. The van der Waals surface area contributed by atoms with E-state index in [0.29, 0.717) is 17.2 Å². The molecule has 0 unspecified atom stereocenters. The van der Waals surface area contributed by atoms with Crippen LogP contribution in [0.5, 0.6) is 0 Å². The van der Waals surface area contributed by atoms with Gasteiger partial charge in [0.25, 0.3) is 10.0 Å². The molecule has 3 aromatic rings. The first-order valence-corrected chi connectivity index (χ1v) is 11.0. The van der Waals surface area contributed by atoms with Crippen LogP contribution in [0.15, 0.2) is 71.1 Å². The molecular formula is C20H21N3O3S2. The summed E-state index contributed by atoms with van der Waals surface area (Å²) in [4.78, 5) is 16.7. The molecule has 6 nitrogen and oxygen atoms in total. The van der Waals surface area contributed by atoms with Gasteiger partial charge in [-0.2, -0.15) is 0 Å². The normalized spacial score (nSPS) is 11.8. The summed E-state index contributed by atoms with van der Waals surface area (Å²) in [5.74, 6) is -0.132. The number of anilines is 2. The van der Waals surface area contributed by atoms with Crippen molar-refractivity contribution >= 4 is 38.1 Å². The van der Waals surface area contributed by atoms with E-state index in [1.54, 1.807) is 17.5 Å². The van der Waals surface area contributed by atoms with Gasteiger partial charge in [0.2, 0.25) is 5.91 Å². The number of amides is 1. The first-order valence-electron chi connectivity index (χ1n) is 8.64. The number of hydrogen-bond acceptors (Lipinski definition) is 5.